The molecule has 110 valence electrons. The zero-order valence-corrected chi connectivity index (χ0v) is 12.4. The molecule has 2 rings (SSSR count). The normalized spacial score (nSPS) is 25.7. The molecule has 1 saturated carbocycles. The molecule has 0 bridgehead atoms. The molecule has 19 heavy (non-hydrogen) atoms. The monoisotopic (exact) mass is 269 g/mol. The molecule has 1 aliphatic carbocycles. The maximum Gasteiger partial charge on any atom is 0.407 e. The van der Waals surface area contributed by atoms with Crippen molar-refractivity contribution in [3.05, 3.63) is 0 Å². The van der Waals surface area contributed by atoms with Gasteiger partial charge in [-0.15, -0.1) is 0 Å². The fraction of sp³-hybridized carbons (Fsp3) is 0.933. The smallest absolute Gasteiger partial charge is 0.407 e. The Bertz CT molecular complexity index is 301. The first kappa shape index (κ1) is 14.6. The molecule has 1 aliphatic heterocycles. The lowest BCUT2D eigenvalue weighted by molar-refractivity contribution is 0.0484. The Labute approximate surface area is 116 Å². The van der Waals surface area contributed by atoms with Crippen molar-refractivity contribution >= 4 is 6.09 Å². The van der Waals surface area contributed by atoms with Crippen LogP contribution in [-0.4, -0.2) is 30.4 Å². The zero-order valence-electron chi connectivity index (χ0n) is 12.4. The van der Waals surface area contributed by atoms with Crippen LogP contribution in [0.3, 0.4) is 0 Å². The minimum absolute atomic E-state index is 0.123. The SMILES string of the molecule is CC(C)(C)OC(=O)NC(CC1CCCCC1)C1CO1. The van der Waals surface area contributed by atoms with Gasteiger partial charge in [-0.3, -0.25) is 0 Å². The van der Waals surface area contributed by atoms with E-state index in [0.29, 0.717) is 0 Å². The second-order valence-electron chi connectivity index (χ2n) is 6.86. The lowest BCUT2D eigenvalue weighted by atomic mass is 9.84. The third-order valence-electron chi connectivity index (χ3n) is 3.82. The highest BCUT2D eigenvalue weighted by Gasteiger charge is 2.36. The molecule has 2 unspecified atom stereocenters. The molecular weight excluding hydrogens is 242 g/mol. The van der Waals surface area contributed by atoms with Gasteiger partial charge in [-0.25, -0.2) is 4.79 Å². The number of carbonyl (C=O) groups excluding carboxylic acids is 1. The van der Waals surface area contributed by atoms with Crippen LogP contribution in [0.4, 0.5) is 4.79 Å². The van der Waals surface area contributed by atoms with E-state index in [1.54, 1.807) is 0 Å². The van der Waals surface area contributed by atoms with E-state index in [1.165, 1.54) is 32.1 Å². The lowest BCUT2D eigenvalue weighted by Gasteiger charge is -2.27. The Balaban J connectivity index is 1.80. The fourth-order valence-electron chi connectivity index (χ4n) is 2.83. The molecule has 4 heteroatoms. The topological polar surface area (TPSA) is 50.9 Å². The maximum absolute atomic E-state index is 11.9. The quantitative estimate of drug-likeness (QED) is 0.797. The summed E-state index contributed by atoms with van der Waals surface area (Å²) in [6, 6.07) is 0.123. The van der Waals surface area contributed by atoms with Crippen molar-refractivity contribution in [3.8, 4) is 0 Å². The third kappa shape index (κ3) is 5.39. The average molecular weight is 269 g/mol. The highest BCUT2D eigenvalue weighted by Crippen LogP contribution is 2.30. The predicted molar refractivity (Wildman–Crippen MR) is 74.1 cm³/mol. The number of alkyl carbamates (subject to hydrolysis) is 1. The molecule has 0 radical (unpaired) electrons. The fourth-order valence-corrected chi connectivity index (χ4v) is 2.83. The van der Waals surface area contributed by atoms with Gasteiger partial charge in [0.1, 0.15) is 11.7 Å². The van der Waals surface area contributed by atoms with E-state index < -0.39 is 5.60 Å². The molecule has 0 spiro atoms. The molecule has 1 heterocycles. The second kappa shape index (κ2) is 6.12. The van der Waals surface area contributed by atoms with E-state index in [0.717, 1.165) is 18.9 Å². The molecule has 2 aliphatic rings. The summed E-state index contributed by atoms with van der Waals surface area (Å²) in [6.07, 6.45) is 7.52. The number of nitrogens with one attached hydrogen (secondary N) is 1. The van der Waals surface area contributed by atoms with Crippen molar-refractivity contribution in [2.45, 2.75) is 77.0 Å². The van der Waals surface area contributed by atoms with Crippen LogP contribution >= 0.6 is 0 Å². The summed E-state index contributed by atoms with van der Waals surface area (Å²) in [5.74, 6) is 0.734. The van der Waals surface area contributed by atoms with Crippen molar-refractivity contribution in [1.82, 2.24) is 5.32 Å². The second-order valence-corrected chi connectivity index (χ2v) is 6.86. The number of hydrogen-bond acceptors (Lipinski definition) is 3. The lowest BCUT2D eigenvalue weighted by Crippen LogP contribution is -2.43. The minimum Gasteiger partial charge on any atom is -0.444 e. The van der Waals surface area contributed by atoms with Crippen molar-refractivity contribution in [3.63, 3.8) is 0 Å². The van der Waals surface area contributed by atoms with Gasteiger partial charge in [0.05, 0.1) is 12.6 Å². The van der Waals surface area contributed by atoms with Crippen LogP contribution in [0.5, 0.6) is 0 Å². The van der Waals surface area contributed by atoms with E-state index in [9.17, 15) is 4.79 Å². The summed E-state index contributed by atoms with van der Waals surface area (Å²) < 4.78 is 10.7. The van der Waals surface area contributed by atoms with Crippen molar-refractivity contribution in [2.75, 3.05) is 6.61 Å². The molecule has 2 fully saturated rings. The van der Waals surface area contributed by atoms with E-state index in [4.69, 9.17) is 9.47 Å². The van der Waals surface area contributed by atoms with E-state index >= 15 is 0 Å². The van der Waals surface area contributed by atoms with Gasteiger partial charge in [-0.1, -0.05) is 32.1 Å². The third-order valence-corrected chi connectivity index (χ3v) is 3.82. The van der Waals surface area contributed by atoms with Crippen molar-refractivity contribution < 1.29 is 14.3 Å². The molecule has 2 atom stereocenters. The van der Waals surface area contributed by atoms with Crippen LogP contribution in [0, 0.1) is 5.92 Å². The summed E-state index contributed by atoms with van der Waals surface area (Å²) in [5, 5.41) is 3.00. The van der Waals surface area contributed by atoms with Crippen molar-refractivity contribution in [1.29, 1.82) is 0 Å². The van der Waals surface area contributed by atoms with Crippen LogP contribution in [0.25, 0.3) is 0 Å². The Morgan fingerprint density at radius 3 is 2.47 bits per heavy atom. The molecule has 0 aromatic heterocycles. The number of ether oxygens (including phenoxy) is 2. The van der Waals surface area contributed by atoms with Crippen LogP contribution in [0.15, 0.2) is 0 Å². The van der Waals surface area contributed by atoms with Gasteiger partial charge in [0.25, 0.3) is 0 Å². The summed E-state index contributed by atoms with van der Waals surface area (Å²) in [6.45, 7) is 6.43. The Morgan fingerprint density at radius 2 is 1.95 bits per heavy atom. The number of hydrogen-bond donors (Lipinski definition) is 1. The van der Waals surface area contributed by atoms with Gasteiger partial charge in [0.15, 0.2) is 0 Å². The molecule has 1 saturated heterocycles. The summed E-state index contributed by atoms with van der Waals surface area (Å²) >= 11 is 0. The van der Waals surface area contributed by atoms with Crippen LogP contribution in [0.2, 0.25) is 0 Å². The van der Waals surface area contributed by atoms with Crippen LogP contribution in [0.1, 0.15) is 59.3 Å². The van der Waals surface area contributed by atoms with Crippen LogP contribution in [-0.2, 0) is 9.47 Å². The largest absolute Gasteiger partial charge is 0.444 e. The summed E-state index contributed by atoms with van der Waals surface area (Å²) in [5.41, 5.74) is -0.441. The average Bonchev–Trinajstić information content (AvgIpc) is 3.10. The summed E-state index contributed by atoms with van der Waals surface area (Å²) in [4.78, 5) is 11.9. The van der Waals surface area contributed by atoms with Crippen molar-refractivity contribution in [2.24, 2.45) is 5.92 Å². The molecule has 1 N–H and O–H groups in total. The van der Waals surface area contributed by atoms with E-state index in [1.807, 2.05) is 20.8 Å². The highest BCUT2D eigenvalue weighted by molar-refractivity contribution is 5.68. The first-order valence-electron chi connectivity index (χ1n) is 7.55. The van der Waals surface area contributed by atoms with Gasteiger partial charge in [0, 0.05) is 0 Å². The van der Waals surface area contributed by atoms with Crippen LogP contribution < -0.4 is 5.32 Å². The molecule has 4 nitrogen and oxygen atoms in total. The zero-order chi connectivity index (χ0) is 13.9. The van der Waals surface area contributed by atoms with Gasteiger partial charge >= 0.3 is 6.09 Å². The number of epoxide rings is 1. The number of amides is 1. The predicted octanol–water partition coefficient (Wildman–Crippen LogP) is 3.25. The first-order chi connectivity index (χ1) is 8.94. The molecule has 0 aromatic rings. The molecule has 0 aromatic carbocycles. The molecular formula is C15H27NO3. The highest BCUT2D eigenvalue weighted by atomic mass is 16.6. The van der Waals surface area contributed by atoms with Gasteiger partial charge in [0.2, 0.25) is 0 Å². The molecule has 1 amide bonds. The number of carbonyl (C=O) groups is 1. The Morgan fingerprint density at radius 1 is 1.32 bits per heavy atom. The summed E-state index contributed by atoms with van der Waals surface area (Å²) in [7, 11) is 0. The number of rotatable bonds is 4. The van der Waals surface area contributed by atoms with Gasteiger partial charge < -0.3 is 14.8 Å². The van der Waals surface area contributed by atoms with E-state index in [2.05, 4.69) is 5.32 Å². The Hall–Kier alpha value is -0.770. The van der Waals surface area contributed by atoms with Gasteiger partial charge in [-0.05, 0) is 33.1 Å². The van der Waals surface area contributed by atoms with Gasteiger partial charge in [-0.2, -0.15) is 0 Å². The maximum atomic E-state index is 11.9. The first-order valence-corrected chi connectivity index (χ1v) is 7.55. The minimum atomic E-state index is -0.441. The standard InChI is InChI=1S/C15H27NO3/c1-15(2,3)19-14(17)16-12(13-10-18-13)9-11-7-5-4-6-8-11/h11-13H,4-10H2,1-3H3,(H,16,17). The van der Waals surface area contributed by atoms with E-state index in [-0.39, 0.29) is 18.2 Å². The Kier molecular flexibility index (Phi) is 4.71.